The van der Waals surface area contributed by atoms with Gasteiger partial charge < -0.3 is 5.32 Å². The fraction of sp³-hybridized carbons (Fsp3) is 0.158. The molecule has 2 unspecified atom stereocenters. The van der Waals surface area contributed by atoms with Gasteiger partial charge in [-0.05, 0) is 36.1 Å². The number of halogens is 1. The van der Waals surface area contributed by atoms with Crippen molar-refractivity contribution in [1.29, 1.82) is 0 Å². The molecule has 120 valence electrons. The summed E-state index contributed by atoms with van der Waals surface area (Å²) in [4.78, 5) is 16.8. The maximum atomic E-state index is 12.5. The highest BCUT2D eigenvalue weighted by Gasteiger charge is 2.44. The fourth-order valence-electron chi connectivity index (χ4n) is 2.94. The van der Waals surface area contributed by atoms with Crippen molar-refractivity contribution in [1.82, 2.24) is 4.98 Å². The summed E-state index contributed by atoms with van der Waals surface area (Å²) in [7, 11) is 0. The standard InChI is InChI=1S/C19H15ClN2OS/c20-17-7-2-1-6-14(17)15-11-16(15)18(23)22-13-5-3-4-12(10-13)19-21-8-9-24-19/h1-10,15-16H,11H2,(H,22,23). The van der Waals surface area contributed by atoms with Crippen LogP contribution in [0.2, 0.25) is 5.02 Å². The van der Waals surface area contributed by atoms with Crippen molar-refractivity contribution in [3.8, 4) is 10.6 Å². The molecule has 0 bridgehead atoms. The number of carbonyl (C=O) groups is 1. The van der Waals surface area contributed by atoms with E-state index < -0.39 is 0 Å². The first-order valence-electron chi connectivity index (χ1n) is 7.77. The molecule has 3 nitrogen and oxygen atoms in total. The highest BCUT2D eigenvalue weighted by Crippen LogP contribution is 2.50. The third-order valence-corrected chi connectivity index (χ3v) is 5.41. The minimum atomic E-state index is -0.00609. The second-order valence-corrected chi connectivity index (χ2v) is 7.18. The molecule has 1 N–H and O–H groups in total. The summed E-state index contributed by atoms with van der Waals surface area (Å²) in [5.41, 5.74) is 2.88. The predicted octanol–water partition coefficient (Wildman–Crippen LogP) is 5.21. The lowest BCUT2D eigenvalue weighted by molar-refractivity contribution is -0.117. The number of aromatic nitrogens is 1. The topological polar surface area (TPSA) is 42.0 Å². The van der Waals surface area contributed by atoms with Crippen LogP contribution in [0.5, 0.6) is 0 Å². The van der Waals surface area contributed by atoms with Crippen molar-refractivity contribution >= 4 is 34.5 Å². The monoisotopic (exact) mass is 354 g/mol. The van der Waals surface area contributed by atoms with Gasteiger partial charge in [0.1, 0.15) is 5.01 Å². The number of anilines is 1. The Bertz CT molecular complexity index is 879. The number of hydrogen-bond acceptors (Lipinski definition) is 3. The Morgan fingerprint density at radius 3 is 2.88 bits per heavy atom. The second-order valence-electron chi connectivity index (χ2n) is 5.88. The van der Waals surface area contributed by atoms with Gasteiger partial charge >= 0.3 is 0 Å². The van der Waals surface area contributed by atoms with Crippen LogP contribution in [0.1, 0.15) is 17.9 Å². The third kappa shape index (κ3) is 3.07. The summed E-state index contributed by atoms with van der Waals surface area (Å²) in [5, 5.41) is 6.65. The lowest BCUT2D eigenvalue weighted by Gasteiger charge is -2.07. The zero-order valence-corrected chi connectivity index (χ0v) is 14.3. The minimum Gasteiger partial charge on any atom is -0.326 e. The summed E-state index contributed by atoms with van der Waals surface area (Å²) in [6.07, 6.45) is 2.63. The third-order valence-electron chi connectivity index (χ3n) is 4.24. The summed E-state index contributed by atoms with van der Waals surface area (Å²) in [6.45, 7) is 0. The van der Waals surface area contributed by atoms with E-state index in [1.165, 1.54) is 0 Å². The number of hydrogen-bond donors (Lipinski definition) is 1. The van der Waals surface area contributed by atoms with Gasteiger partial charge in [0.15, 0.2) is 0 Å². The number of carbonyl (C=O) groups excluding carboxylic acids is 1. The van der Waals surface area contributed by atoms with Crippen LogP contribution in [-0.4, -0.2) is 10.9 Å². The molecule has 1 aliphatic rings. The van der Waals surface area contributed by atoms with Crippen LogP contribution in [0, 0.1) is 5.92 Å². The summed E-state index contributed by atoms with van der Waals surface area (Å²) >= 11 is 7.81. The van der Waals surface area contributed by atoms with E-state index in [1.807, 2.05) is 53.9 Å². The van der Waals surface area contributed by atoms with Crippen LogP contribution in [0.3, 0.4) is 0 Å². The molecule has 3 aromatic rings. The molecule has 1 amide bonds. The summed E-state index contributed by atoms with van der Waals surface area (Å²) in [6, 6.07) is 15.6. The Kier molecular flexibility index (Phi) is 4.08. The SMILES string of the molecule is O=C(Nc1cccc(-c2nccs2)c1)C1CC1c1ccccc1Cl. The molecule has 0 aliphatic heterocycles. The molecule has 2 atom stereocenters. The van der Waals surface area contributed by atoms with Gasteiger partial charge in [0, 0.05) is 33.8 Å². The van der Waals surface area contributed by atoms with E-state index in [-0.39, 0.29) is 17.7 Å². The smallest absolute Gasteiger partial charge is 0.228 e. The van der Waals surface area contributed by atoms with Crippen molar-refractivity contribution in [2.75, 3.05) is 5.32 Å². The highest BCUT2D eigenvalue weighted by molar-refractivity contribution is 7.13. The Labute approximate surface area is 149 Å². The number of benzene rings is 2. The normalized spacial score (nSPS) is 19.0. The number of nitrogens with zero attached hydrogens (tertiary/aromatic N) is 1. The van der Waals surface area contributed by atoms with Crippen molar-refractivity contribution in [3.05, 3.63) is 70.7 Å². The van der Waals surface area contributed by atoms with Gasteiger partial charge in [-0.15, -0.1) is 11.3 Å². The number of amides is 1. The Morgan fingerprint density at radius 1 is 1.21 bits per heavy atom. The zero-order chi connectivity index (χ0) is 16.5. The largest absolute Gasteiger partial charge is 0.326 e. The second kappa shape index (κ2) is 6.38. The maximum Gasteiger partial charge on any atom is 0.228 e. The number of nitrogens with one attached hydrogen (secondary N) is 1. The first-order valence-corrected chi connectivity index (χ1v) is 9.03. The molecule has 2 aromatic carbocycles. The molecule has 1 fully saturated rings. The van der Waals surface area contributed by atoms with E-state index in [0.29, 0.717) is 0 Å². The van der Waals surface area contributed by atoms with E-state index in [9.17, 15) is 4.79 Å². The molecule has 1 aromatic heterocycles. The maximum absolute atomic E-state index is 12.5. The van der Waals surface area contributed by atoms with E-state index in [1.54, 1.807) is 17.5 Å². The quantitative estimate of drug-likeness (QED) is 0.699. The lowest BCUT2D eigenvalue weighted by Crippen LogP contribution is -2.14. The Morgan fingerprint density at radius 2 is 2.08 bits per heavy atom. The van der Waals surface area contributed by atoms with Gasteiger partial charge in [0.25, 0.3) is 0 Å². The molecular weight excluding hydrogens is 340 g/mol. The average Bonchev–Trinajstić information content (AvgIpc) is 3.19. The molecule has 1 aliphatic carbocycles. The van der Waals surface area contributed by atoms with Crippen LogP contribution in [0.25, 0.3) is 10.6 Å². The molecule has 5 heteroatoms. The van der Waals surface area contributed by atoms with E-state index in [0.717, 1.165) is 33.3 Å². The van der Waals surface area contributed by atoms with Gasteiger partial charge in [0.05, 0.1) is 0 Å². The van der Waals surface area contributed by atoms with Gasteiger partial charge in [-0.2, -0.15) is 0 Å². The van der Waals surface area contributed by atoms with Crippen molar-refractivity contribution < 1.29 is 4.79 Å². The van der Waals surface area contributed by atoms with Crippen LogP contribution in [0.15, 0.2) is 60.1 Å². The number of thiazole rings is 1. The average molecular weight is 355 g/mol. The molecular formula is C19H15ClN2OS. The molecule has 0 saturated heterocycles. The zero-order valence-electron chi connectivity index (χ0n) is 12.8. The van der Waals surface area contributed by atoms with Gasteiger partial charge in [-0.1, -0.05) is 41.9 Å². The van der Waals surface area contributed by atoms with Crippen molar-refractivity contribution in [2.24, 2.45) is 5.92 Å². The molecule has 0 radical (unpaired) electrons. The molecule has 1 heterocycles. The molecule has 4 rings (SSSR count). The van der Waals surface area contributed by atoms with Gasteiger partial charge in [-0.25, -0.2) is 4.98 Å². The van der Waals surface area contributed by atoms with Crippen LogP contribution < -0.4 is 5.32 Å². The predicted molar refractivity (Wildman–Crippen MR) is 98.5 cm³/mol. The summed E-state index contributed by atoms with van der Waals surface area (Å²) in [5.74, 6) is 0.269. The molecule has 24 heavy (non-hydrogen) atoms. The van der Waals surface area contributed by atoms with E-state index in [4.69, 9.17) is 11.6 Å². The summed E-state index contributed by atoms with van der Waals surface area (Å²) < 4.78 is 0. The van der Waals surface area contributed by atoms with Crippen molar-refractivity contribution in [3.63, 3.8) is 0 Å². The molecule has 1 saturated carbocycles. The highest BCUT2D eigenvalue weighted by atomic mass is 35.5. The van der Waals surface area contributed by atoms with Crippen molar-refractivity contribution in [2.45, 2.75) is 12.3 Å². The van der Waals surface area contributed by atoms with Crippen LogP contribution in [0.4, 0.5) is 5.69 Å². The van der Waals surface area contributed by atoms with Gasteiger partial charge in [-0.3, -0.25) is 4.79 Å². The van der Waals surface area contributed by atoms with E-state index >= 15 is 0 Å². The van der Waals surface area contributed by atoms with Crippen LogP contribution in [-0.2, 0) is 4.79 Å². The first kappa shape index (κ1) is 15.4. The Balaban J connectivity index is 1.46. The van der Waals surface area contributed by atoms with E-state index in [2.05, 4.69) is 10.3 Å². The van der Waals surface area contributed by atoms with Gasteiger partial charge in [0.2, 0.25) is 5.91 Å². The number of rotatable bonds is 4. The lowest BCUT2D eigenvalue weighted by atomic mass is 10.1. The van der Waals surface area contributed by atoms with Crippen LogP contribution >= 0.6 is 22.9 Å². The first-order chi connectivity index (χ1) is 11.7. The molecule has 0 spiro atoms. The Hall–Kier alpha value is -2.17. The minimum absolute atomic E-state index is 0.00609. The fourth-order valence-corrected chi connectivity index (χ4v) is 3.85.